The van der Waals surface area contributed by atoms with E-state index in [2.05, 4.69) is 260 Å². The Kier molecular flexibility index (Phi) is 13.7. The minimum absolute atomic E-state index is 0.121. The van der Waals surface area contributed by atoms with E-state index in [1.54, 1.807) is 6.20 Å². The van der Waals surface area contributed by atoms with Gasteiger partial charge in [-0.05, 0) is 156 Å². The van der Waals surface area contributed by atoms with Gasteiger partial charge in [-0.25, -0.2) is 19.9 Å². The van der Waals surface area contributed by atoms with Crippen molar-refractivity contribution < 1.29 is 8.83 Å². The lowest BCUT2D eigenvalue weighted by atomic mass is 9.82. The molecule has 97 heavy (non-hydrogen) atoms. The highest BCUT2D eigenvalue weighted by Crippen LogP contribution is 2.50. The average Bonchev–Trinajstić information content (AvgIpc) is 1.66. The highest BCUT2D eigenvalue weighted by molar-refractivity contribution is 6.14. The van der Waals surface area contributed by atoms with E-state index in [9.17, 15) is 0 Å². The van der Waals surface area contributed by atoms with Crippen molar-refractivity contribution >= 4 is 65.4 Å². The Morgan fingerprint density at radius 1 is 0.258 bits per heavy atom. The third-order valence-corrected chi connectivity index (χ3v) is 19.2. The van der Waals surface area contributed by atoms with Crippen LogP contribution in [-0.2, 0) is 5.41 Å². The van der Waals surface area contributed by atoms with Gasteiger partial charge >= 0.3 is 0 Å². The maximum atomic E-state index is 6.46. The van der Waals surface area contributed by atoms with E-state index in [0.29, 0.717) is 11.6 Å². The summed E-state index contributed by atoms with van der Waals surface area (Å²) in [6, 6.07) is 102. The van der Waals surface area contributed by atoms with Gasteiger partial charge in [0.2, 0.25) is 0 Å². The minimum atomic E-state index is -0.121. The number of benzene rings is 12. The summed E-state index contributed by atoms with van der Waals surface area (Å²) < 4.78 is 12.6. The number of rotatable bonds is 9. The SMILES string of the molecule is CC1(C)c2ccccc2-c2ccc(-c3nc(-c4ccc5oc6ccccc6c5c4)cc(-c4ccccc4-c4ccncc4)n3)cc21.c1cncc(-c2ccc(-c3cc(-c4cccc5c4oc4ccccc45)nc(-c4ccc(-c5cc6ccccc6c6ccccc56)cc4)n3)cc2)c1. The first kappa shape index (κ1) is 56.9. The monoisotopic (exact) mass is 1240 g/mol. The molecule has 0 unspecified atom stereocenters. The number of fused-ring (bicyclic) bond motifs is 12. The van der Waals surface area contributed by atoms with Crippen molar-refractivity contribution in [3.8, 4) is 112 Å². The number of hydrogen-bond acceptors (Lipinski definition) is 8. The highest BCUT2D eigenvalue weighted by atomic mass is 16.3. The van der Waals surface area contributed by atoms with Crippen LogP contribution in [0.3, 0.4) is 0 Å². The van der Waals surface area contributed by atoms with E-state index in [4.69, 9.17) is 28.8 Å². The summed E-state index contributed by atoms with van der Waals surface area (Å²) in [5, 5.41) is 9.30. The van der Waals surface area contributed by atoms with Crippen LogP contribution >= 0.6 is 0 Å². The van der Waals surface area contributed by atoms with Gasteiger partial charge in [-0.15, -0.1) is 0 Å². The molecule has 0 saturated carbocycles. The molecule has 6 aromatic heterocycles. The molecule has 0 fully saturated rings. The Hall–Kier alpha value is -12.8. The minimum Gasteiger partial charge on any atom is -0.456 e. The van der Waals surface area contributed by atoms with E-state index in [-0.39, 0.29) is 5.41 Å². The first-order chi connectivity index (χ1) is 47.8. The van der Waals surface area contributed by atoms with Gasteiger partial charge in [-0.1, -0.05) is 226 Å². The van der Waals surface area contributed by atoms with Crippen LogP contribution in [0.4, 0.5) is 0 Å². The summed E-state index contributed by atoms with van der Waals surface area (Å²) in [6.07, 6.45) is 7.34. The van der Waals surface area contributed by atoms with Crippen molar-refractivity contribution in [3.05, 3.63) is 327 Å². The van der Waals surface area contributed by atoms with Crippen molar-refractivity contribution in [1.82, 2.24) is 29.9 Å². The fraction of sp³-hybridized carbons (Fsp3) is 0.0337. The number of furan rings is 2. The van der Waals surface area contributed by atoms with Crippen LogP contribution in [0.25, 0.3) is 178 Å². The second-order valence-electron chi connectivity index (χ2n) is 25.3. The molecule has 8 heteroatoms. The summed E-state index contributed by atoms with van der Waals surface area (Å²) in [4.78, 5) is 29.4. The zero-order valence-corrected chi connectivity index (χ0v) is 53.0. The van der Waals surface area contributed by atoms with Crippen molar-refractivity contribution in [2.75, 3.05) is 0 Å². The predicted molar refractivity (Wildman–Crippen MR) is 396 cm³/mol. The number of pyridine rings is 2. The van der Waals surface area contributed by atoms with E-state index in [1.807, 2.05) is 73.2 Å². The maximum absolute atomic E-state index is 6.46. The predicted octanol–water partition coefficient (Wildman–Crippen LogP) is 23.2. The molecule has 0 bridgehead atoms. The molecule has 0 aliphatic heterocycles. The third kappa shape index (κ3) is 10.1. The lowest BCUT2D eigenvalue weighted by Gasteiger charge is -2.22. The Labute approximate surface area is 559 Å². The molecule has 12 aromatic carbocycles. The summed E-state index contributed by atoms with van der Waals surface area (Å²) >= 11 is 0. The lowest BCUT2D eigenvalue weighted by molar-refractivity contribution is 0.660. The van der Waals surface area contributed by atoms with Gasteiger partial charge in [0.25, 0.3) is 0 Å². The van der Waals surface area contributed by atoms with E-state index in [0.717, 1.165) is 128 Å². The Bertz CT molecular complexity index is 6100. The molecular weight excluding hydrogens is 1190 g/mol. The van der Waals surface area contributed by atoms with Crippen molar-refractivity contribution in [2.24, 2.45) is 0 Å². The first-order valence-corrected chi connectivity index (χ1v) is 32.7. The molecule has 0 amide bonds. The normalized spacial score (nSPS) is 12.3. The van der Waals surface area contributed by atoms with Crippen molar-refractivity contribution in [3.63, 3.8) is 0 Å². The molecule has 6 heterocycles. The van der Waals surface area contributed by atoms with Crippen LogP contribution in [0, 0.1) is 0 Å². The summed E-state index contributed by atoms with van der Waals surface area (Å²) in [5.41, 5.74) is 24.6. The number of para-hydroxylation sites is 3. The van der Waals surface area contributed by atoms with Crippen LogP contribution in [0.15, 0.2) is 325 Å². The van der Waals surface area contributed by atoms with Gasteiger partial charge in [0, 0.05) is 85.1 Å². The molecule has 0 spiro atoms. The van der Waals surface area contributed by atoms with Gasteiger partial charge in [0.05, 0.1) is 22.8 Å². The Balaban J connectivity index is 0.000000142. The molecule has 1 aliphatic carbocycles. The van der Waals surface area contributed by atoms with Crippen LogP contribution in [0.2, 0.25) is 0 Å². The first-order valence-electron chi connectivity index (χ1n) is 32.7. The van der Waals surface area contributed by atoms with Gasteiger partial charge in [0.1, 0.15) is 22.3 Å². The lowest BCUT2D eigenvalue weighted by Crippen LogP contribution is -2.15. The molecule has 456 valence electrons. The van der Waals surface area contributed by atoms with E-state index >= 15 is 0 Å². The topological polar surface area (TPSA) is 104 Å². The third-order valence-electron chi connectivity index (χ3n) is 19.2. The number of hydrogen-bond donors (Lipinski definition) is 0. The van der Waals surface area contributed by atoms with Crippen LogP contribution in [-0.4, -0.2) is 29.9 Å². The fourth-order valence-corrected chi connectivity index (χ4v) is 14.4. The smallest absolute Gasteiger partial charge is 0.160 e. The molecule has 18 aromatic rings. The molecule has 0 N–H and O–H groups in total. The van der Waals surface area contributed by atoms with E-state index in [1.165, 1.54) is 49.4 Å². The molecule has 1 aliphatic rings. The molecular formula is C89H58N6O2. The zero-order chi connectivity index (χ0) is 64.6. The molecule has 19 rings (SSSR count). The van der Waals surface area contributed by atoms with Crippen molar-refractivity contribution in [1.29, 1.82) is 0 Å². The molecule has 0 saturated heterocycles. The standard InChI is InChI=1S/C47H29N3O.C42H29N3O/c1-2-11-36-34(9-1)27-42(38-13-4-3-12-37(36)38)31-20-24-33(25-21-31)47-49-43(32-22-18-30(19-23-32)35-10-8-26-48-29-35)28-44(50-47)41-16-7-15-40-39-14-5-6-17-45(39)51-46(40)41;1-42(2)35-13-7-5-10-30(35)31-17-15-28(24-36(31)42)41-44-37(27-16-18-40-34(23-27)33-12-6-8-14-39(33)46-40)25-38(45-41)32-11-4-3-9-29(32)26-19-21-43-22-20-26/h1-29H;3-25H,1-2H3. The molecule has 0 radical (unpaired) electrons. The summed E-state index contributed by atoms with van der Waals surface area (Å²) in [6.45, 7) is 4.61. The van der Waals surface area contributed by atoms with Gasteiger partial charge in [0.15, 0.2) is 11.6 Å². The van der Waals surface area contributed by atoms with Crippen LogP contribution < -0.4 is 0 Å². The van der Waals surface area contributed by atoms with Gasteiger partial charge < -0.3 is 8.83 Å². The summed E-state index contributed by atoms with van der Waals surface area (Å²) in [5.74, 6) is 1.35. The number of nitrogens with zero attached hydrogens (tertiary/aromatic N) is 6. The van der Waals surface area contributed by atoms with Crippen molar-refractivity contribution in [2.45, 2.75) is 19.3 Å². The Morgan fingerprint density at radius 2 is 0.794 bits per heavy atom. The van der Waals surface area contributed by atoms with Gasteiger partial charge in [-0.2, -0.15) is 0 Å². The molecule has 8 nitrogen and oxygen atoms in total. The van der Waals surface area contributed by atoms with Crippen LogP contribution in [0.1, 0.15) is 25.0 Å². The average molecular weight is 1240 g/mol. The van der Waals surface area contributed by atoms with E-state index < -0.39 is 0 Å². The van der Waals surface area contributed by atoms with Gasteiger partial charge in [-0.3, -0.25) is 9.97 Å². The second kappa shape index (κ2) is 23.4. The quantitative estimate of drug-likeness (QED) is 0.132. The fourth-order valence-electron chi connectivity index (χ4n) is 14.4. The highest BCUT2D eigenvalue weighted by Gasteiger charge is 2.35. The Morgan fingerprint density at radius 3 is 1.57 bits per heavy atom. The van der Waals surface area contributed by atoms with Crippen LogP contribution in [0.5, 0.6) is 0 Å². The number of aromatic nitrogens is 6. The largest absolute Gasteiger partial charge is 0.456 e. The second-order valence-corrected chi connectivity index (χ2v) is 25.3. The maximum Gasteiger partial charge on any atom is 0.160 e. The molecule has 0 atom stereocenters. The summed E-state index contributed by atoms with van der Waals surface area (Å²) in [7, 11) is 0. The zero-order valence-electron chi connectivity index (χ0n) is 53.0.